The summed E-state index contributed by atoms with van der Waals surface area (Å²) in [5.74, 6) is 0.584. The number of ether oxygens (including phenoxy) is 1. The van der Waals surface area contributed by atoms with Crippen LogP contribution in [0.1, 0.15) is 25.3 Å². The quantitative estimate of drug-likeness (QED) is 0.893. The molecule has 2 aliphatic rings. The van der Waals surface area contributed by atoms with Gasteiger partial charge >= 0.3 is 0 Å². The summed E-state index contributed by atoms with van der Waals surface area (Å²) in [6.45, 7) is 3.47. The maximum atomic E-state index is 12.7. The first-order valence-electron chi connectivity index (χ1n) is 7.44. The minimum absolute atomic E-state index is 0.0430. The van der Waals surface area contributed by atoms with Crippen molar-refractivity contribution in [3.63, 3.8) is 0 Å². The average molecular weight is 274 g/mol. The van der Waals surface area contributed by atoms with Crippen LogP contribution in [0.5, 0.6) is 0 Å². The van der Waals surface area contributed by atoms with Crippen molar-refractivity contribution in [2.24, 2.45) is 11.7 Å². The number of benzene rings is 1. The maximum Gasteiger partial charge on any atom is 0.256 e. The molecule has 0 saturated carbocycles. The molecule has 4 heteroatoms. The minimum Gasteiger partial charge on any atom is -0.364 e. The van der Waals surface area contributed by atoms with Gasteiger partial charge in [0.05, 0.1) is 6.10 Å². The van der Waals surface area contributed by atoms with Crippen LogP contribution in [0.4, 0.5) is 5.69 Å². The third-order valence-electron chi connectivity index (χ3n) is 4.26. The molecule has 0 spiro atoms. The Labute approximate surface area is 119 Å². The molecule has 1 amide bonds. The highest BCUT2D eigenvalue weighted by molar-refractivity contribution is 5.97. The van der Waals surface area contributed by atoms with Crippen molar-refractivity contribution in [3.05, 3.63) is 29.8 Å². The van der Waals surface area contributed by atoms with E-state index in [2.05, 4.69) is 13.0 Å². The van der Waals surface area contributed by atoms with E-state index in [1.54, 1.807) is 0 Å². The van der Waals surface area contributed by atoms with Crippen LogP contribution < -0.4 is 10.6 Å². The zero-order chi connectivity index (χ0) is 14.1. The molecule has 3 unspecified atom stereocenters. The highest BCUT2D eigenvalue weighted by atomic mass is 16.5. The number of anilines is 1. The van der Waals surface area contributed by atoms with Crippen LogP contribution in [-0.4, -0.2) is 31.2 Å². The molecule has 4 nitrogen and oxygen atoms in total. The summed E-state index contributed by atoms with van der Waals surface area (Å²) in [7, 11) is 0. The molecule has 0 radical (unpaired) electrons. The van der Waals surface area contributed by atoms with Crippen LogP contribution in [0.15, 0.2) is 24.3 Å². The Morgan fingerprint density at radius 1 is 1.40 bits per heavy atom. The molecular formula is C16H22N2O2. The van der Waals surface area contributed by atoms with Crippen LogP contribution in [0, 0.1) is 5.92 Å². The van der Waals surface area contributed by atoms with E-state index in [0.717, 1.165) is 31.5 Å². The van der Waals surface area contributed by atoms with Gasteiger partial charge in [-0.25, -0.2) is 0 Å². The van der Waals surface area contributed by atoms with Gasteiger partial charge in [0, 0.05) is 18.8 Å². The van der Waals surface area contributed by atoms with Gasteiger partial charge in [-0.3, -0.25) is 4.79 Å². The largest absolute Gasteiger partial charge is 0.364 e. The van der Waals surface area contributed by atoms with Crippen molar-refractivity contribution in [1.82, 2.24) is 0 Å². The molecule has 2 N–H and O–H groups in total. The number of nitrogens with two attached hydrogens (primary N) is 1. The molecule has 2 heterocycles. The van der Waals surface area contributed by atoms with E-state index in [0.29, 0.717) is 12.5 Å². The molecule has 2 aliphatic heterocycles. The Morgan fingerprint density at radius 2 is 2.20 bits per heavy atom. The Morgan fingerprint density at radius 3 is 2.95 bits per heavy atom. The second-order valence-corrected chi connectivity index (χ2v) is 5.95. The summed E-state index contributed by atoms with van der Waals surface area (Å²) in [5.41, 5.74) is 7.93. The molecule has 1 aromatic rings. The number of carbonyl (C=O) groups is 1. The summed E-state index contributed by atoms with van der Waals surface area (Å²) in [6.07, 6.45) is 2.44. The van der Waals surface area contributed by atoms with E-state index in [4.69, 9.17) is 10.5 Å². The molecule has 0 bridgehead atoms. The number of hydrogen-bond acceptors (Lipinski definition) is 3. The molecule has 1 aromatic carbocycles. The lowest BCUT2D eigenvalue weighted by molar-refractivity contribution is -0.129. The van der Waals surface area contributed by atoms with Crippen molar-refractivity contribution in [1.29, 1.82) is 0 Å². The third-order valence-corrected chi connectivity index (χ3v) is 4.26. The number of carbonyl (C=O) groups excluding carboxylic acids is 1. The van der Waals surface area contributed by atoms with Gasteiger partial charge in [0.1, 0.15) is 6.10 Å². The highest BCUT2D eigenvalue weighted by Crippen LogP contribution is 2.31. The van der Waals surface area contributed by atoms with E-state index < -0.39 is 0 Å². The van der Waals surface area contributed by atoms with Gasteiger partial charge in [-0.15, -0.1) is 0 Å². The Kier molecular flexibility index (Phi) is 3.76. The molecule has 1 fully saturated rings. The average Bonchev–Trinajstić information content (AvgIpc) is 2.94. The zero-order valence-corrected chi connectivity index (χ0v) is 11.9. The number of rotatable bonds is 2. The standard InChI is InChI=1S/C16H22N2O2/c1-11-8-12-4-2-3-5-14(12)18(10-11)16(19)15-7-6-13(9-17)20-15/h2-5,11,13,15H,6-10,17H2,1H3. The summed E-state index contributed by atoms with van der Waals surface area (Å²) in [4.78, 5) is 14.6. The zero-order valence-electron chi connectivity index (χ0n) is 11.9. The minimum atomic E-state index is -0.318. The topological polar surface area (TPSA) is 55.6 Å². The monoisotopic (exact) mass is 274 g/mol. The Balaban J connectivity index is 1.81. The van der Waals surface area contributed by atoms with E-state index >= 15 is 0 Å². The van der Waals surface area contributed by atoms with Gasteiger partial charge in [0.2, 0.25) is 0 Å². The van der Waals surface area contributed by atoms with Crippen LogP contribution in [-0.2, 0) is 16.0 Å². The molecule has 3 atom stereocenters. The maximum absolute atomic E-state index is 12.7. The normalized spacial score (nSPS) is 29.3. The molecule has 0 aliphatic carbocycles. The van der Waals surface area contributed by atoms with Gasteiger partial charge in [0.25, 0.3) is 5.91 Å². The fraction of sp³-hybridized carbons (Fsp3) is 0.562. The van der Waals surface area contributed by atoms with Crippen molar-refractivity contribution >= 4 is 11.6 Å². The molecular weight excluding hydrogens is 252 g/mol. The molecule has 0 aromatic heterocycles. The van der Waals surface area contributed by atoms with Crippen molar-refractivity contribution in [2.75, 3.05) is 18.0 Å². The van der Waals surface area contributed by atoms with Gasteiger partial charge in [0.15, 0.2) is 0 Å². The molecule has 20 heavy (non-hydrogen) atoms. The van der Waals surface area contributed by atoms with E-state index in [1.165, 1.54) is 5.56 Å². The summed E-state index contributed by atoms with van der Waals surface area (Å²) < 4.78 is 5.76. The van der Waals surface area contributed by atoms with E-state index in [9.17, 15) is 4.79 Å². The number of hydrogen-bond donors (Lipinski definition) is 1. The number of para-hydroxylation sites is 1. The lowest BCUT2D eigenvalue weighted by atomic mass is 9.93. The van der Waals surface area contributed by atoms with Crippen LogP contribution >= 0.6 is 0 Å². The lowest BCUT2D eigenvalue weighted by Gasteiger charge is -2.34. The summed E-state index contributed by atoms with van der Waals surface area (Å²) in [5, 5.41) is 0. The first-order valence-corrected chi connectivity index (χ1v) is 7.44. The third kappa shape index (κ3) is 2.45. The molecule has 1 saturated heterocycles. The Bertz CT molecular complexity index is 503. The second kappa shape index (κ2) is 5.54. The van der Waals surface area contributed by atoms with Crippen LogP contribution in [0.25, 0.3) is 0 Å². The van der Waals surface area contributed by atoms with Crippen LogP contribution in [0.3, 0.4) is 0 Å². The van der Waals surface area contributed by atoms with Crippen molar-refractivity contribution in [3.8, 4) is 0 Å². The van der Waals surface area contributed by atoms with Gasteiger partial charge in [-0.1, -0.05) is 25.1 Å². The van der Waals surface area contributed by atoms with Crippen molar-refractivity contribution in [2.45, 2.75) is 38.4 Å². The SMILES string of the molecule is CC1Cc2ccccc2N(C(=O)C2CCC(CN)O2)C1. The van der Waals surface area contributed by atoms with Gasteiger partial charge in [-0.05, 0) is 36.8 Å². The van der Waals surface area contributed by atoms with E-state index in [-0.39, 0.29) is 18.1 Å². The van der Waals surface area contributed by atoms with Gasteiger partial charge in [-0.2, -0.15) is 0 Å². The number of nitrogens with zero attached hydrogens (tertiary/aromatic N) is 1. The second-order valence-electron chi connectivity index (χ2n) is 5.95. The smallest absolute Gasteiger partial charge is 0.256 e. The molecule has 108 valence electrons. The van der Waals surface area contributed by atoms with Crippen molar-refractivity contribution < 1.29 is 9.53 Å². The van der Waals surface area contributed by atoms with Gasteiger partial charge < -0.3 is 15.4 Å². The van der Waals surface area contributed by atoms with Crippen LogP contribution in [0.2, 0.25) is 0 Å². The lowest BCUT2D eigenvalue weighted by Crippen LogP contribution is -2.44. The fourth-order valence-electron chi connectivity index (χ4n) is 3.24. The van der Waals surface area contributed by atoms with E-state index in [1.807, 2.05) is 23.1 Å². The fourth-order valence-corrected chi connectivity index (χ4v) is 3.24. The number of amides is 1. The predicted octanol–water partition coefficient (Wildman–Crippen LogP) is 1.72. The summed E-state index contributed by atoms with van der Waals surface area (Å²) >= 11 is 0. The Hall–Kier alpha value is -1.39. The number of fused-ring (bicyclic) bond motifs is 1. The predicted molar refractivity (Wildman–Crippen MR) is 78.6 cm³/mol. The highest BCUT2D eigenvalue weighted by Gasteiger charge is 2.35. The first kappa shape index (κ1) is 13.6. The summed E-state index contributed by atoms with van der Waals surface area (Å²) in [6, 6.07) is 8.18. The first-order chi connectivity index (χ1) is 9.69. The molecule has 3 rings (SSSR count).